The van der Waals surface area contributed by atoms with Gasteiger partial charge in [0.05, 0.1) is 17.7 Å². The van der Waals surface area contributed by atoms with Crippen LogP contribution in [0.5, 0.6) is 0 Å². The Morgan fingerprint density at radius 2 is 2.25 bits per heavy atom. The molecule has 0 aliphatic heterocycles. The summed E-state index contributed by atoms with van der Waals surface area (Å²) in [6.07, 6.45) is 2.39. The number of fused-ring (bicyclic) bond motifs is 1. The van der Waals surface area contributed by atoms with Crippen molar-refractivity contribution < 1.29 is 14.3 Å². The molecular formula is C12H11NO3. The van der Waals surface area contributed by atoms with Gasteiger partial charge in [0.1, 0.15) is 0 Å². The fraction of sp³-hybridized carbons (Fsp3) is 0.167. The van der Waals surface area contributed by atoms with Gasteiger partial charge in [-0.25, -0.2) is 4.79 Å². The Bertz CT molecular complexity index is 542. The van der Waals surface area contributed by atoms with Crippen LogP contribution >= 0.6 is 0 Å². The van der Waals surface area contributed by atoms with Crippen molar-refractivity contribution >= 4 is 23.3 Å². The Morgan fingerprint density at radius 3 is 2.94 bits per heavy atom. The Balaban J connectivity index is 2.45. The second-order valence-electron chi connectivity index (χ2n) is 3.32. The third-order valence-electron chi connectivity index (χ3n) is 2.35. The molecule has 0 N–H and O–H groups in total. The maximum Gasteiger partial charge on any atom is 0.338 e. The van der Waals surface area contributed by atoms with Crippen LogP contribution in [0.2, 0.25) is 0 Å². The summed E-state index contributed by atoms with van der Waals surface area (Å²) in [4.78, 5) is 22.1. The summed E-state index contributed by atoms with van der Waals surface area (Å²) in [5.74, 6) is -0.344. The van der Waals surface area contributed by atoms with E-state index >= 15 is 0 Å². The molecule has 0 saturated carbocycles. The molecule has 1 aromatic carbocycles. The molecule has 0 radical (unpaired) electrons. The van der Waals surface area contributed by atoms with E-state index in [4.69, 9.17) is 4.74 Å². The van der Waals surface area contributed by atoms with Crippen LogP contribution in [0.25, 0.3) is 10.9 Å². The van der Waals surface area contributed by atoms with E-state index in [2.05, 4.69) is 0 Å². The second kappa shape index (κ2) is 4.18. The maximum absolute atomic E-state index is 11.5. The largest absolute Gasteiger partial charge is 0.462 e. The predicted molar refractivity (Wildman–Crippen MR) is 60.0 cm³/mol. The summed E-state index contributed by atoms with van der Waals surface area (Å²) < 4.78 is 6.36. The van der Waals surface area contributed by atoms with Gasteiger partial charge in [0, 0.05) is 11.6 Å². The van der Waals surface area contributed by atoms with Crippen LogP contribution in [0.1, 0.15) is 17.3 Å². The molecule has 1 heterocycles. The number of benzene rings is 1. The Hall–Kier alpha value is -2.10. The first kappa shape index (κ1) is 10.4. The highest BCUT2D eigenvalue weighted by molar-refractivity contribution is 5.95. The molecule has 2 rings (SSSR count). The number of carbonyl (C=O) groups excluding carboxylic acids is 2. The number of rotatable bonds is 3. The summed E-state index contributed by atoms with van der Waals surface area (Å²) in [5, 5.41) is 0.845. The molecule has 0 fully saturated rings. The molecule has 16 heavy (non-hydrogen) atoms. The lowest BCUT2D eigenvalue weighted by atomic mass is 10.1. The first-order valence-electron chi connectivity index (χ1n) is 4.99. The molecule has 82 valence electrons. The molecule has 0 aliphatic carbocycles. The first-order valence-corrected chi connectivity index (χ1v) is 4.99. The average molecular weight is 217 g/mol. The molecule has 2 aromatic rings. The molecule has 0 atom stereocenters. The van der Waals surface area contributed by atoms with Gasteiger partial charge in [0.25, 0.3) is 0 Å². The lowest BCUT2D eigenvalue weighted by molar-refractivity contribution is 0.0526. The Morgan fingerprint density at radius 1 is 1.44 bits per heavy atom. The van der Waals surface area contributed by atoms with Gasteiger partial charge in [-0.15, -0.1) is 0 Å². The van der Waals surface area contributed by atoms with Crippen LogP contribution in [0, 0.1) is 0 Å². The van der Waals surface area contributed by atoms with E-state index in [9.17, 15) is 9.59 Å². The van der Waals surface area contributed by atoms with E-state index < -0.39 is 0 Å². The number of esters is 1. The van der Waals surface area contributed by atoms with Crippen molar-refractivity contribution in [2.75, 3.05) is 6.61 Å². The van der Waals surface area contributed by atoms with E-state index in [-0.39, 0.29) is 5.97 Å². The van der Waals surface area contributed by atoms with Crippen LogP contribution < -0.4 is 0 Å². The van der Waals surface area contributed by atoms with E-state index in [0.717, 1.165) is 17.3 Å². The van der Waals surface area contributed by atoms with Gasteiger partial charge in [-0.05, 0) is 31.2 Å². The number of ether oxygens (including phenoxy) is 1. The van der Waals surface area contributed by atoms with Crippen molar-refractivity contribution in [1.29, 1.82) is 0 Å². The third kappa shape index (κ3) is 1.69. The molecule has 0 spiro atoms. The smallest absolute Gasteiger partial charge is 0.338 e. The summed E-state index contributed by atoms with van der Waals surface area (Å²) in [7, 11) is 0. The fourth-order valence-electron chi connectivity index (χ4n) is 1.60. The monoisotopic (exact) mass is 217 g/mol. The van der Waals surface area contributed by atoms with Crippen LogP contribution in [-0.4, -0.2) is 23.6 Å². The first-order chi connectivity index (χ1) is 7.76. The van der Waals surface area contributed by atoms with E-state index in [1.165, 1.54) is 4.57 Å². The van der Waals surface area contributed by atoms with Crippen molar-refractivity contribution in [3.8, 4) is 0 Å². The highest BCUT2D eigenvalue weighted by Crippen LogP contribution is 2.17. The molecule has 0 saturated heterocycles. The topological polar surface area (TPSA) is 48.3 Å². The zero-order valence-corrected chi connectivity index (χ0v) is 8.84. The molecule has 0 amide bonds. The average Bonchev–Trinajstić information content (AvgIpc) is 2.71. The van der Waals surface area contributed by atoms with Crippen molar-refractivity contribution in [3.63, 3.8) is 0 Å². The summed E-state index contributed by atoms with van der Waals surface area (Å²) in [6.45, 7) is 2.12. The summed E-state index contributed by atoms with van der Waals surface area (Å²) >= 11 is 0. The maximum atomic E-state index is 11.5. The summed E-state index contributed by atoms with van der Waals surface area (Å²) in [6, 6.07) is 6.89. The molecule has 0 unspecified atom stereocenters. The number of carbonyl (C=O) groups is 2. The van der Waals surface area contributed by atoms with Gasteiger partial charge in [-0.3, -0.25) is 9.36 Å². The third-order valence-corrected chi connectivity index (χ3v) is 2.35. The Kier molecular flexibility index (Phi) is 2.72. The van der Waals surface area contributed by atoms with Crippen molar-refractivity contribution in [2.45, 2.75) is 6.92 Å². The van der Waals surface area contributed by atoms with Crippen LogP contribution in [-0.2, 0) is 9.53 Å². The van der Waals surface area contributed by atoms with Crippen molar-refractivity contribution in [1.82, 2.24) is 4.57 Å². The van der Waals surface area contributed by atoms with E-state index in [1.807, 2.05) is 0 Å². The minimum absolute atomic E-state index is 0.344. The minimum atomic E-state index is -0.344. The lowest BCUT2D eigenvalue weighted by Gasteiger charge is -2.01. The van der Waals surface area contributed by atoms with Gasteiger partial charge in [-0.1, -0.05) is 0 Å². The molecular weight excluding hydrogens is 206 g/mol. The summed E-state index contributed by atoms with van der Waals surface area (Å²) in [5.41, 5.74) is 1.28. The zero-order valence-electron chi connectivity index (χ0n) is 8.84. The fourth-order valence-corrected chi connectivity index (χ4v) is 1.60. The van der Waals surface area contributed by atoms with Crippen molar-refractivity contribution in [3.05, 3.63) is 36.0 Å². The van der Waals surface area contributed by atoms with Gasteiger partial charge in [0.2, 0.25) is 6.41 Å². The van der Waals surface area contributed by atoms with Gasteiger partial charge in [0.15, 0.2) is 0 Å². The van der Waals surface area contributed by atoms with E-state index in [1.54, 1.807) is 37.4 Å². The van der Waals surface area contributed by atoms with Crippen LogP contribution in [0.15, 0.2) is 30.5 Å². The van der Waals surface area contributed by atoms with Gasteiger partial charge >= 0.3 is 5.97 Å². The van der Waals surface area contributed by atoms with E-state index in [0.29, 0.717) is 12.2 Å². The predicted octanol–water partition coefficient (Wildman–Crippen LogP) is 1.86. The molecule has 4 heteroatoms. The normalized spacial score (nSPS) is 10.3. The molecule has 1 aromatic heterocycles. The van der Waals surface area contributed by atoms with Gasteiger partial charge in [-0.2, -0.15) is 0 Å². The zero-order chi connectivity index (χ0) is 11.5. The van der Waals surface area contributed by atoms with Gasteiger partial charge < -0.3 is 4.74 Å². The highest BCUT2D eigenvalue weighted by Gasteiger charge is 2.08. The SMILES string of the molecule is CCOC(=O)c1ccc2c(ccn2C=O)c1. The lowest BCUT2D eigenvalue weighted by Crippen LogP contribution is -2.04. The second-order valence-corrected chi connectivity index (χ2v) is 3.32. The molecule has 0 aliphatic rings. The minimum Gasteiger partial charge on any atom is -0.462 e. The Labute approximate surface area is 92.4 Å². The number of aromatic nitrogens is 1. The standard InChI is InChI=1S/C12H11NO3/c1-2-16-12(15)10-3-4-11-9(7-10)5-6-13(11)8-14/h3-8H,2H2,1H3. The number of hydrogen-bond donors (Lipinski definition) is 0. The molecule has 0 bridgehead atoms. The molecule has 4 nitrogen and oxygen atoms in total. The highest BCUT2D eigenvalue weighted by atomic mass is 16.5. The van der Waals surface area contributed by atoms with Crippen LogP contribution in [0.3, 0.4) is 0 Å². The van der Waals surface area contributed by atoms with Crippen LogP contribution in [0.4, 0.5) is 0 Å². The van der Waals surface area contributed by atoms with Crippen molar-refractivity contribution in [2.24, 2.45) is 0 Å². The number of nitrogens with zero attached hydrogens (tertiary/aromatic N) is 1. The number of hydrogen-bond acceptors (Lipinski definition) is 3. The quantitative estimate of drug-likeness (QED) is 0.582.